The third kappa shape index (κ3) is 1.80. The maximum absolute atomic E-state index is 12.8. The zero-order valence-electron chi connectivity index (χ0n) is 7.02. The molecular formula is C8H9F3N2. The molecule has 2 nitrogen and oxygen atoms in total. The number of rotatable bonds is 2. The van der Waals surface area contributed by atoms with Gasteiger partial charge in [-0.2, -0.15) is 0 Å². The molecule has 1 rings (SSSR count). The van der Waals surface area contributed by atoms with Crippen LogP contribution in [0.2, 0.25) is 0 Å². The van der Waals surface area contributed by atoms with Gasteiger partial charge in [-0.15, -0.1) is 0 Å². The van der Waals surface area contributed by atoms with Crippen LogP contribution in [-0.4, -0.2) is 4.98 Å². The van der Waals surface area contributed by atoms with Gasteiger partial charge in [-0.1, -0.05) is 0 Å². The van der Waals surface area contributed by atoms with E-state index in [0.29, 0.717) is 5.69 Å². The summed E-state index contributed by atoms with van der Waals surface area (Å²) in [5.41, 5.74) is 5.08. The monoisotopic (exact) mass is 190 g/mol. The highest BCUT2D eigenvalue weighted by Crippen LogP contribution is 2.26. The fraction of sp³-hybridized carbons (Fsp3) is 0.375. The summed E-state index contributed by atoms with van der Waals surface area (Å²) in [6, 6.07) is 0. The van der Waals surface area contributed by atoms with E-state index in [1.165, 1.54) is 6.92 Å². The third-order valence-corrected chi connectivity index (χ3v) is 1.84. The number of nitrogens with zero attached hydrogens (tertiary/aromatic N) is 1. The van der Waals surface area contributed by atoms with Crippen LogP contribution in [0.15, 0.2) is 6.20 Å². The van der Waals surface area contributed by atoms with Crippen LogP contribution >= 0.6 is 0 Å². The minimum Gasteiger partial charge on any atom is -0.325 e. The summed E-state index contributed by atoms with van der Waals surface area (Å²) in [7, 11) is 0. The highest BCUT2D eigenvalue weighted by molar-refractivity contribution is 5.30. The number of pyridine rings is 1. The lowest BCUT2D eigenvalue weighted by Gasteiger charge is -2.08. The average molecular weight is 190 g/mol. The summed E-state index contributed by atoms with van der Waals surface area (Å²) >= 11 is 0. The predicted octanol–water partition coefficient (Wildman–Crippen LogP) is 1.93. The molecule has 0 aromatic carbocycles. The van der Waals surface area contributed by atoms with E-state index in [1.807, 2.05) is 0 Å². The van der Waals surface area contributed by atoms with Gasteiger partial charge in [0.05, 0.1) is 17.5 Å². The van der Waals surface area contributed by atoms with E-state index >= 15 is 0 Å². The highest BCUT2D eigenvalue weighted by Gasteiger charge is 2.18. The number of hydrogen-bond donors (Lipinski definition) is 1. The van der Waals surface area contributed by atoms with Crippen molar-refractivity contribution in [3.05, 3.63) is 28.8 Å². The van der Waals surface area contributed by atoms with E-state index in [2.05, 4.69) is 4.98 Å². The minimum absolute atomic E-state index is 0.0336. The Kier molecular flexibility index (Phi) is 2.87. The van der Waals surface area contributed by atoms with E-state index in [1.54, 1.807) is 0 Å². The first-order valence-corrected chi connectivity index (χ1v) is 3.70. The Hall–Kier alpha value is -1.10. The summed E-state index contributed by atoms with van der Waals surface area (Å²) < 4.78 is 37.4. The van der Waals surface area contributed by atoms with Crippen LogP contribution in [-0.2, 0) is 6.54 Å². The first-order chi connectivity index (χ1) is 6.07. The third-order valence-electron chi connectivity index (χ3n) is 1.84. The molecule has 0 saturated heterocycles. The van der Waals surface area contributed by atoms with Gasteiger partial charge in [0, 0.05) is 6.54 Å². The summed E-state index contributed by atoms with van der Waals surface area (Å²) in [6.45, 7) is 1.42. The first-order valence-electron chi connectivity index (χ1n) is 3.70. The van der Waals surface area contributed by atoms with Crippen LogP contribution in [0.3, 0.4) is 0 Å². The molecule has 5 heteroatoms. The highest BCUT2D eigenvalue weighted by atomic mass is 19.3. The lowest BCUT2D eigenvalue weighted by atomic mass is 10.1. The lowest BCUT2D eigenvalue weighted by molar-refractivity contribution is 0.145. The molecule has 13 heavy (non-hydrogen) atoms. The van der Waals surface area contributed by atoms with Crippen LogP contribution in [0.25, 0.3) is 0 Å². The van der Waals surface area contributed by atoms with Crippen LogP contribution < -0.4 is 5.73 Å². The molecular weight excluding hydrogens is 181 g/mol. The molecule has 2 N–H and O–H groups in total. The van der Waals surface area contributed by atoms with E-state index in [-0.39, 0.29) is 12.1 Å². The Morgan fingerprint density at radius 2 is 2.15 bits per heavy atom. The Balaban J connectivity index is 3.30. The maximum Gasteiger partial charge on any atom is 0.267 e. The number of nitrogens with two attached hydrogens (primary N) is 1. The summed E-state index contributed by atoms with van der Waals surface area (Å²) in [4.78, 5) is 3.61. The zero-order valence-corrected chi connectivity index (χ0v) is 7.02. The molecule has 0 amide bonds. The summed E-state index contributed by atoms with van der Waals surface area (Å²) in [6.07, 6.45) is -2.05. The van der Waals surface area contributed by atoms with Crippen LogP contribution in [0.1, 0.15) is 23.2 Å². The van der Waals surface area contributed by atoms with Gasteiger partial charge in [0.25, 0.3) is 6.43 Å². The number of alkyl halides is 2. The normalized spacial score (nSPS) is 10.9. The first kappa shape index (κ1) is 9.98. The lowest BCUT2D eigenvalue weighted by Crippen LogP contribution is -2.07. The van der Waals surface area contributed by atoms with Crippen molar-refractivity contribution in [3.63, 3.8) is 0 Å². The van der Waals surface area contributed by atoms with Gasteiger partial charge in [-0.25, -0.2) is 13.2 Å². The molecule has 0 spiro atoms. The van der Waals surface area contributed by atoms with Gasteiger partial charge in [-0.05, 0) is 12.5 Å². The topological polar surface area (TPSA) is 38.9 Å². The number of aromatic nitrogens is 1. The quantitative estimate of drug-likeness (QED) is 0.773. The SMILES string of the molecule is Cc1c(CN)ncc(F)c1C(F)F. The zero-order chi connectivity index (χ0) is 10.0. The van der Waals surface area contributed by atoms with Crippen molar-refractivity contribution in [2.24, 2.45) is 5.73 Å². The molecule has 0 atom stereocenters. The van der Waals surface area contributed by atoms with E-state index < -0.39 is 17.8 Å². The van der Waals surface area contributed by atoms with Gasteiger partial charge in [-0.3, -0.25) is 4.98 Å². The van der Waals surface area contributed by atoms with Crippen molar-refractivity contribution in [2.45, 2.75) is 19.9 Å². The number of halogens is 3. The fourth-order valence-corrected chi connectivity index (χ4v) is 1.11. The van der Waals surface area contributed by atoms with Crippen LogP contribution in [0.5, 0.6) is 0 Å². The second-order valence-electron chi connectivity index (χ2n) is 2.60. The Morgan fingerprint density at radius 3 is 2.62 bits per heavy atom. The Morgan fingerprint density at radius 1 is 1.54 bits per heavy atom. The molecule has 1 aromatic rings. The van der Waals surface area contributed by atoms with E-state index in [0.717, 1.165) is 6.20 Å². The van der Waals surface area contributed by atoms with Crippen molar-refractivity contribution in [1.82, 2.24) is 4.98 Å². The molecule has 0 unspecified atom stereocenters. The van der Waals surface area contributed by atoms with Crippen molar-refractivity contribution >= 4 is 0 Å². The second-order valence-corrected chi connectivity index (χ2v) is 2.60. The molecule has 0 fully saturated rings. The van der Waals surface area contributed by atoms with Crippen molar-refractivity contribution in [3.8, 4) is 0 Å². The van der Waals surface area contributed by atoms with Gasteiger partial charge in [0.15, 0.2) is 5.82 Å². The molecule has 0 bridgehead atoms. The summed E-state index contributed by atoms with van der Waals surface area (Å²) in [5, 5.41) is 0. The predicted molar refractivity (Wildman–Crippen MR) is 41.8 cm³/mol. The average Bonchev–Trinajstić information content (AvgIpc) is 2.04. The van der Waals surface area contributed by atoms with Gasteiger partial charge in [0.2, 0.25) is 0 Å². The molecule has 0 aliphatic rings. The molecule has 0 aliphatic heterocycles. The Bertz CT molecular complexity index is 313. The van der Waals surface area contributed by atoms with Gasteiger partial charge in [0.1, 0.15) is 0 Å². The summed E-state index contributed by atoms with van der Waals surface area (Å²) in [5.74, 6) is -0.982. The molecule has 72 valence electrons. The molecule has 0 radical (unpaired) electrons. The Labute approximate surface area is 73.6 Å². The minimum atomic E-state index is -2.83. The molecule has 0 aliphatic carbocycles. The van der Waals surface area contributed by atoms with Crippen molar-refractivity contribution in [1.29, 1.82) is 0 Å². The van der Waals surface area contributed by atoms with E-state index in [9.17, 15) is 13.2 Å². The smallest absolute Gasteiger partial charge is 0.267 e. The van der Waals surface area contributed by atoms with Crippen LogP contribution in [0, 0.1) is 12.7 Å². The van der Waals surface area contributed by atoms with Gasteiger partial charge < -0.3 is 5.73 Å². The largest absolute Gasteiger partial charge is 0.325 e. The van der Waals surface area contributed by atoms with Gasteiger partial charge >= 0.3 is 0 Å². The maximum atomic E-state index is 12.8. The standard InChI is InChI=1S/C8H9F3N2/c1-4-6(2-12)13-3-5(9)7(4)8(10)11/h3,8H,2,12H2,1H3. The van der Waals surface area contributed by atoms with Crippen molar-refractivity contribution < 1.29 is 13.2 Å². The van der Waals surface area contributed by atoms with Crippen molar-refractivity contribution in [2.75, 3.05) is 0 Å². The molecule has 1 aromatic heterocycles. The van der Waals surface area contributed by atoms with Crippen LogP contribution in [0.4, 0.5) is 13.2 Å². The van der Waals surface area contributed by atoms with E-state index in [4.69, 9.17) is 5.73 Å². The molecule has 1 heterocycles. The fourth-order valence-electron chi connectivity index (χ4n) is 1.11. The second kappa shape index (κ2) is 3.74. The molecule has 0 saturated carbocycles. The number of hydrogen-bond acceptors (Lipinski definition) is 2.